The van der Waals surface area contributed by atoms with Gasteiger partial charge in [-0.25, -0.2) is 8.78 Å². The summed E-state index contributed by atoms with van der Waals surface area (Å²) in [4.78, 5) is 0. The lowest BCUT2D eigenvalue weighted by atomic mass is 10.0. The minimum Gasteiger partial charge on any atom is -0.377 e. The van der Waals surface area contributed by atoms with Gasteiger partial charge in [-0.15, -0.1) is 0 Å². The predicted octanol–water partition coefficient (Wildman–Crippen LogP) is 1.02. The van der Waals surface area contributed by atoms with Crippen molar-refractivity contribution in [3.8, 4) is 11.1 Å². The summed E-state index contributed by atoms with van der Waals surface area (Å²) in [5.41, 5.74) is 1.30. The van der Waals surface area contributed by atoms with E-state index in [1.54, 1.807) is 12.1 Å². The summed E-state index contributed by atoms with van der Waals surface area (Å²) >= 11 is 0. The summed E-state index contributed by atoms with van der Waals surface area (Å²) in [6, 6.07) is 9.62. The first kappa shape index (κ1) is 13.8. The molecule has 0 saturated heterocycles. The van der Waals surface area contributed by atoms with Crippen LogP contribution in [0.2, 0.25) is 0 Å². The SMILES string of the molecule is OC(O)(O[SiH3])c1ccc(-c2ccc(F)c(F)c2)cc1. The Hall–Kier alpha value is -1.60. The van der Waals surface area contributed by atoms with Gasteiger partial charge in [-0.3, -0.25) is 0 Å². The van der Waals surface area contributed by atoms with Crippen molar-refractivity contribution < 1.29 is 23.4 Å². The van der Waals surface area contributed by atoms with Crippen LogP contribution in [0.3, 0.4) is 0 Å². The van der Waals surface area contributed by atoms with Gasteiger partial charge in [-0.1, -0.05) is 30.3 Å². The molecule has 19 heavy (non-hydrogen) atoms. The molecule has 0 aliphatic rings. The van der Waals surface area contributed by atoms with E-state index in [0.717, 1.165) is 12.1 Å². The van der Waals surface area contributed by atoms with Gasteiger partial charge in [0.25, 0.3) is 5.97 Å². The molecule has 0 bridgehead atoms. The molecular formula is C13H12F2O3Si. The zero-order valence-corrected chi connectivity index (χ0v) is 12.1. The predicted molar refractivity (Wildman–Crippen MR) is 68.9 cm³/mol. The van der Waals surface area contributed by atoms with Crippen LogP contribution < -0.4 is 0 Å². The summed E-state index contributed by atoms with van der Waals surface area (Å²) < 4.78 is 30.6. The second-order valence-corrected chi connectivity index (χ2v) is 4.43. The average Bonchev–Trinajstić information content (AvgIpc) is 2.42. The quantitative estimate of drug-likeness (QED) is 0.653. The van der Waals surface area contributed by atoms with Crippen molar-refractivity contribution in [1.29, 1.82) is 0 Å². The number of aliphatic hydroxyl groups is 2. The standard InChI is InChI=1S/C13H12F2O3Si/c14-11-6-3-9(7-12(11)15)8-1-4-10(5-2-8)13(16,17)18-19/h1-7,16-17H,19H3. The first-order valence-electron chi connectivity index (χ1n) is 5.50. The molecule has 0 aromatic heterocycles. The number of rotatable bonds is 3. The number of benzene rings is 2. The highest BCUT2D eigenvalue weighted by Gasteiger charge is 2.24. The summed E-state index contributed by atoms with van der Waals surface area (Å²) in [7, 11) is 0.162. The molecule has 0 spiro atoms. The molecule has 6 heteroatoms. The third-order valence-corrected chi connectivity index (χ3v) is 3.37. The molecule has 0 atom stereocenters. The summed E-state index contributed by atoms with van der Waals surface area (Å²) in [6.07, 6.45) is 0. The largest absolute Gasteiger partial charge is 0.377 e. The molecular weight excluding hydrogens is 270 g/mol. The number of hydrogen-bond donors (Lipinski definition) is 2. The van der Waals surface area contributed by atoms with Crippen LogP contribution in [0, 0.1) is 11.6 Å². The Morgan fingerprint density at radius 3 is 2.00 bits per heavy atom. The van der Waals surface area contributed by atoms with Gasteiger partial charge in [0.1, 0.15) is 0 Å². The third-order valence-electron chi connectivity index (χ3n) is 2.80. The van der Waals surface area contributed by atoms with Gasteiger partial charge in [0.05, 0.1) is 0 Å². The number of hydrogen-bond acceptors (Lipinski definition) is 3. The van der Waals surface area contributed by atoms with E-state index >= 15 is 0 Å². The van der Waals surface area contributed by atoms with Crippen molar-refractivity contribution in [2.75, 3.05) is 0 Å². The van der Waals surface area contributed by atoms with E-state index in [2.05, 4.69) is 4.43 Å². The Morgan fingerprint density at radius 2 is 1.47 bits per heavy atom. The van der Waals surface area contributed by atoms with Crippen LogP contribution in [-0.4, -0.2) is 20.7 Å². The van der Waals surface area contributed by atoms with Gasteiger partial charge in [0, 0.05) is 5.56 Å². The second-order valence-electron chi connectivity index (χ2n) is 4.02. The minimum absolute atomic E-state index is 0.162. The maximum atomic E-state index is 13.1. The van der Waals surface area contributed by atoms with Crippen LogP contribution in [-0.2, 0) is 10.4 Å². The highest BCUT2D eigenvalue weighted by atomic mass is 28.2. The Balaban J connectivity index is 2.35. The smallest absolute Gasteiger partial charge is 0.296 e. The van der Waals surface area contributed by atoms with Gasteiger partial charge in [0.15, 0.2) is 22.1 Å². The zero-order valence-electron chi connectivity index (χ0n) is 10.1. The van der Waals surface area contributed by atoms with Gasteiger partial charge in [-0.05, 0) is 23.3 Å². The summed E-state index contributed by atoms with van der Waals surface area (Å²) in [5, 5.41) is 19.0. The van der Waals surface area contributed by atoms with Crippen LogP contribution in [0.25, 0.3) is 11.1 Å². The molecule has 0 radical (unpaired) electrons. The van der Waals surface area contributed by atoms with Crippen LogP contribution in [0.4, 0.5) is 8.78 Å². The molecule has 2 aromatic rings. The topological polar surface area (TPSA) is 49.7 Å². The second kappa shape index (κ2) is 5.18. The van der Waals surface area contributed by atoms with E-state index in [1.807, 2.05) is 0 Å². The fourth-order valence-corrected chi connectivity index (χ4v) is 1.91. The van der Waals surface area contributed by atoms with E-state index in [1.165, 1.54) is 18.2 Å². The molecule has 100 valence electrons. The fraction of sp³-hybridized carbons (Fsp3) is 0.0769. The van der Waals surface area contributed by atoms with E-state index in [0.29, 0.717) is 11.1 Å². The van der Waals surface area contributed by atoms with Crippen molar-refractivity contribution in [1.82, 2.24) is 0 Å². The minimum atomic E-state index is -2.31. The van der Waals surface area contributed by atoms with Crippen molar-refractivity contribution in [2.24, 2.45) is 0 Å². The van der Waals surface area contributed by atoms with Gasteiger partial charge in [0.2, 0.25) is 0 Å². The van der Waals surface area contributed by atoms with Gasteiger partial charge < -0.3 is 14.6 Å². The monoisotopic (exact) mass is 282 g/mol. The van der Waals surface area contributed by atoms with Crippen molar-refractivity contribution >= 4 is 10.5 Å². The highest BCUT2D eigenvalue weighted by Crippen LogP contribution is 2.25. The lowest BCUT2D eigenvalue weighted by Gasteiger charge is -2.20. The third kappa shape index (κ3) is 2.87. The first-order valence-corrected chi connectivity index (χ1v) is 6.31. The molecule has 0 aliphatic heterocycles. The zero-order chi connectivity index (χ0) is 14.0. The van der Waals surface area contributed by atoms with Gasteiger partial charge in [-0.2, -0.15) is 0 Å². The van der Waals surface area contributed by atoms with E-state index in [9.17, 15) is 19.0 Å². The normalized spacial score (nSPS) is 11.8. The van der Waals surface area contributed by atoms with Crippen LogP contribution >= 0.6 is 0 Å². The lowest BCUT2D eigenvalue weighted by molar-refractivity contribution is -0.303. The summed E-state index contributed by atoms with van der Waals surface area (Å²) in [6.45, 7) is 0. The Bertz CT molecular complexity index is 585. The average molecular weight is 282 g/mol. The van der Waals surface area contributed by atoms with Crippen LogP contribution in [0.15, 0.2) is 42.5 Å². The Kier molecular flexibility index (Phi) is 3.77. The lowest BCUT2D eigenvalue weighted by Crippen LogP contribution is -2.27. The van der Waals surface area contributed by atoms with Crippen LogP contribution in [0.5, 0.6) is 0 Å². The first-order chi connectivity index (χ1) is 8.94. The van der Waals surface area contributed by atoms with E-state index < -0.39 is 17.6 Å². The molecule has 3 nitrogen and oxygen atoms in total. The van der Waals surface area contributed by atoms with Crippen LogP contribution in [0.1, 0.15) is 5.56 Å². The molecule has 2 aromatic carbocycles. The van der Waals surface area contributed by atoms with Gasteiger partial charge >= 0.3 is 0 Å². The summed E-state index contributed by atoms with van der Waals surface area (Å²) in [5.74, 6) is -4.14. The molecule has 0 amide bonds. The van der Waals surface area contributed by atoms with E-state index in [-0.39, 0.29) is 16.0 Å². The molecule has 2 rings (SSSR count). The van der Waals surface area contributed by atoms with Crippen molar-refractivity contribution in [3.05, 3.63) is 59.7 Å². The molecule has 2 N–H and O–H groups in total. The molecule has 0 saturated carbocycles. The number of halogens is 2. The maximum Gasteiger partial charge on any atom is 0.296 e. The molecule has 0 fully saturated rings. The Labute approximate surface area is 111 Å². The molecule has 0 aliphatic carbocycles. The molecule has 0 unspecified atom stereocenters. The van der Waals surface area contributed by atoms with E-state index in [4.69, 9.17) is 0 Å². The maximum absolute atomic E-state index is 13.1. The molecule has 0 heterocycles. The Morgan fingerprint density at radius 1 is 0.895 bits per heavy atom. The van der Waals surface area contributed by atoms with Crippen molar-refractivity contribution in [2.45, 2.75) is 5.97 Å². The van der Waals surface area contributed by atoms with Crippen molar-refractivity contribution in [3.63, 3.8) is 0 Å². The fourth-order valence-electron chi connectivity index (χ4n) is 1.67. The highest BCUT2D eigenvalue weighted by molar-refractivity contribution is 5.98.